The van der Waals surface area contributed by atoms with E-state index in [4.69, 9.17) is 0 Å². The summed E-state index contributed by atoms with van der Waals surface area (Å²) >= 11 is 0. The van der Waals surface area contributed by atoms with E-state index in [0.717, 1.165) is 32.5 Å². The second-order valence-corrected chi connectivity index (χ2v) is 8.96. The summed E-state index contributed by atoms with van der Waals surface area (Å²) in [6, 6.07) is 16.4. The summed E-state index contributed by atoms with van der Waals surface area (Å²) < 4.78 is 1.60. The Morgan fingerprint density at radius 2 is 1.62 bits per heavy atom. The molecule has 1 fully saturated rings. The van der Waals surface area contributed by atoms with Crippen molar-refractivity contribution < 1.29 is 9.90 Å². The van der Waals surface area contributed by atoms with Gasteiger partial charge in [0.05, 0.1) is 11.3 Å². The van der Waals surface area contributed by atoms with Crippen LogP contribution in [-0.4, -0.2) is 59.2 Å². The first-order valence-corrected chi connectivity index (χ1v) is 11.3. The van der Waals surface area contributed by atoms with Gasteiger partial charge in [-0.1, -0.05) is 36.4 Å². The number of para-hydroxylation sites is 1. The highest BCUT2D eigenvalue weighted by Gasteiger charge is 2.26. The van der Waals surface area contributed by atoms with Crippen molar-refractivity contribution in [2.75, 3.05) is 33.7 Å². The van der Waals surface area contributed by atoms with E-state index in [9.17, 15) is 14.7 Å². The van der Waals surface area contributed by atoms with E-state index >= 15 is 0 Å². The van der Waals surface area contributed by atoms with Crippen molar-refractivity contribution in [1.29, 1.82) is 0 Å². The minimum atomic E-state index is -0.998. The maximum atomic E-state index is 13.5. The first kappa shape index (κ1) is 22.2. The van der Waals surface area contributed by atoms with Gasteiger partial charge in [-0.05, 0) is 77.1 Å². The van der Waals surface area contributed by atoms with Crippen molar-refractivity contribution in [3.63, 3.8) is 0 Å². The third-order valence-electron chi connectivity index (χ3n) is 6.48. The van der Waals surface area contributed by atoms with Crippen LogP contribution < -0.4 is 5.56 Å². The van der Waals surface area contributed by atoms with Crippen LogP contribution in [0.5, 0.6) is 0 Å². The molecule has 0 atom stereocenters. The smallest absolute Gasteiger partial charge is 0.338 e. The number of nitrogens with zero attached hydrogens (tertiary/aromatic N) is 3. The Morgan fingerprint density at radius 1 is 1.00 bits per heavy atom. The summed E-state index contributed by atoms with van der Waals surface area (Å²) in [5.41, 5.74) is 1.30. The molecule has 32 heavy (non-hydrogen) atoms. The monoisotopic (exact) mass is 433 g/mol. The molecule has 6 nitrogen and oxygen atoms in total. The molecule has 1 N–H and O–H groups in total. The highest BCUT2D eigenvalue weighted by Crippen LogP contribution is 2.27. The topological polar surface area (TPSA) is 65.8 Å². The highest BCUT2D eigenvalue weighted by atomic mass is 16.4. The molecule has 0 radical (unpaired) electrons. The number of pyridine rings is 1. The fourth-order valence-electron chi connectivity index (χ4n) is 4.72. The van der Waals surface area contributed by atoms with Crippen molar-refractivity contribution in [2.45, 2.75) is 25.8 Å². The van der Waals surface area contributed by atoms with Crippen molar-refractivity contribution in [1.82, 2.24) is 14.4 Å². The van der Waals surface area contributed by atoms with Crippen LogP contribution in [-0.2, 0) is 6.54 Å². The molecule has 4 rings (SSSR count). The van der Waals surface area contributed by atoms with Gasteiger partial charge in [0.1, 0.15) is 0 Å². The zero-order chi connectivity index (χ0) is 22.7. The number of carboxylic acid groups (broad SMARTS) is 1. The fraction of sp³-hybridized carbons (Fsp3) is 0.385. The lowest BCUT2D eigenvalue weighted by molar-refractivity contribution is 0.0694. The molecule has 2 heterocycles. The standard InChI is InChI=1S/C26H31N3O3/c1-27(2)15-12-19-13-16-28(17-14-19)18-23-24(26(31)32)21-10-6-7-11-22(21)25(30)29(23)20-8-4-3-5-9-20/h3-11,19H,12-18H2,1-2H3,(H,31,32). The van der Waals surface area contributed by atoms with Crippen LogP contribution >= 0.6 is 0 Å². The van der Waals surface area contributed by atoms with Gasteiger partial charge in [0, 0.05) is 23.0 Å². The van der Waals surface area contributed by atoms with E-state index in [1.807, 2.05) is 30.3 Å². The Balaban J connectivity index is 1.74. The first-order chi connectivity index (χ1) is 15.5. The molecule has 1 aliphatic heterocycles. The van der Waals surface area contributed by atoms with E-state index in [-0.39, 0.29) is 11.1 Å². The molecule has 3 aromatic rings. The van der Waals surface area contributed by atoms with Gasteiger partial charge in [0.2, 0.25) is 0 Å². The maximum absolute atomic E-state index is 13.5. The molecule has 1 saturated heterocycles. The number of aromatic carboxylic acids is 1. The Morgan fingerprint density at radius 3 is 2.25 bits per heavy atom. The van der Waals surface area contributed by atoms with E-state index in [2.05, 4.69) is 23.9 Å². The van der Waals surface area contributed by atoms with Crippen LogP contribution in [0.4, 0.5) is 0 Å². The molecule has 0 bridgehead atoms. The number of benzene rings is 2. The Bertz CT molecular complexity index is 1150. The largest absolute Gasteiger partial charge is 0.478 e. The van der Waals surface area contributed by atoms with E-state index < -0.39 is 5.97 Å². The lowest BCUT2D eigenvalue weighted by Crippen LogP contribution is -2.37. The van der Waals surface area contributed by atoms with Crippen LogP contribution in [0.15, 0.2) is 59.4 Å². The third kappa shape index (κ3) is 4.61. The second-order valence-electron chi connectivity index (χ2n) is 8.96. The number of hydrogen-bond donors (Lipinski definition) is 1. The van der Waals surface area contributed by atoms with Gasteiger partial charge < -0.3 is 10.0 Å². The normalized spacial score (nSPS) is 15.5. The number of piperidine rings is 1. The molecule has 1 aliphatic rings. The summed E-state index contributed by atoms with van der Waals surface area (Å²) in [7, 11) is 4.20. The first-order valence-electron chi connectivity index (χ1n) is 11.3. The molecular formula is C26H31N3O3. The molecule has 0 saturated carbocycles. The van der Waals surface area contributed by atoms with Gasteiger partial charge >= 0.3 is 5.97 Å². The van der Waals surface area contributed by atoms with E-state index in [1.54, 1.807) is 28.8 Å². The number of carbonyl (C=O) groups is 1. The van der Waals surface area contributed by atoms with Gasteiger partial charge in [0.15, 0.2) is 0 Å². The molecule has 0 spiro atoms. The number of rotatable bonds is 7. The quantitative estimate of drug-likeness (QED) is 0.613. The van der Waals surface area contributed by atoms with Crippen LogP contribution in [0.2, 0.25) is 0 Å². The van der Waals surface area contributed by atoms with Crippen molar-refractivity contribution in [3.05, 3.63) is 76.2 Å². The minimum absolute atomic E-state index is 0.173. The van der Waals surface area contributed by atoms with Gasteiger partial charge in [-0.2, -0.15) is 0 Å². The zero-order valence-corrected chi connectivity index (χ0v) is 18.8. The lowest BCUT2D eigenvalue weighted by atomic mass is 9.93. The minimum Gasteiger partial charge on any atom is -0.478 e. The van der Waals surface area contributed by atoms with Crippen LogP contribution in [0.1, 0.15) is 35.3 Å². The van der Waals surface area contributed by atoms with Crippen LogP contribution in [0, 0.1) is 5.92 Å². The molecule has 0 aliphatic carbocycles. The Kier molecular flexibility index (Phi) is 6.72. The van der Waals surface area contributed by atoms with E-state index in [0.29, 0.717) is 34.6 Å². The van der Waals surface area contributed by atoms with Gasteiger partial charge in [0.25, 0.3) is 5.56 Å². The SMILES string of the molecule is CN(C)CCC1CCN(Cc2c(C(=O)O)c3ccccc3c(=O)n2-c2ccccc2)CC1. The molecule has 0 amide bonds. The summed E-state index contributed by atoms with van der Waals surface area (Å²) in [6.45, 7) is 3.35. The molecule has 2 aromatic carbocycles. The molecule has 168 valence electrons. The summed E-state index contributed by atoms with van der Waals surface area (Å²) in [6.07, 6.45) is 3.38. The number of fused-ring (bicyclic) bond motifs is 1. The lowest BCUT2D eigenvalue weighted by Gasteiger charge is -2.33. The fourth-order valence-corrected chi connectivity index (χ4v) is 4.72. The van der Waals surface area contributed by atoms with Crippen molar-refractivity contribution in [3.8, 4) is 5.69 Å². The third-order valence-corrected chi connectivity index (χ3v) is 6.48. The number of carboxylic acids is 1. The molecule has 6 heteroatoms. The van der Waals surface area contributed by atoms with Crippen LogP contribution in [0.3, 0.4) is 0 Å². The predicted molar refractivity (Wildman–Crippen MR) is 128 cm³/mol. The molecule has 1 aromatic heterocycles. The van der Waals surface area contributed by atoms with Gasteiger partial charge in [-0.3, -0.25) is 14.3 Å². The van der Waals surface area contributed by atoms with Gasteiger partial charge in [-0.15, -0.1) is 0 Å². The highest BCUT2D eigenvalue weighted by molar-refractivity contribution is 6.04. The molecular weight excluding hydrogens is 402 g/mol. The average Bonchev–Trinajstić information content (AvgIpc) is 2.79. The average molecular weight is 434 g/mol. The van der Waals surface area contributed by atoms with Crippen LogP contribution in [0.25, 0.3) is 16.5 Å². The van der Waals surface area contributed by atoms with Crippen molar-refractivity contribution >= 4 is 16.7 Å². The van der Waals surface area contributed by atoms with Crippen molar-refractivity contribution in [2.24, 2.45) is 5.92 Å². The second kappa shape index (κ2) is 9.67. The summed E-state index contributed by atoms with van der Waals surface area (Å²) in [4.78, 5) is 30.5. The summed E-state index contributed by atoms with van der Waals surface area (Å²) in [5, 5.41) is 11.1. The predicted octanol–water partition coefficient (Wildman–Crippen LogP) is 3.85. The molecule has 0 unspecified atom stereocenters. The number of aromatic nitrogens is 1. The summed E-state index contributed by atoms with van der Waals surface area (Å²) in [5.74, 6) is -0.303. The van der Waals surface area contributed by atoms with E-state index in [1.165, 1.54) is 6.42 Å². The zero-order valence-electron chi connectivity index (χ0n) is 18.8. The Labute approximate surface area is 188 Å². The number of hydrogen-bond acceptors (Lipinski definition) is 4. The Hall–Kier alpha value is -2.96. The number of likely N-dealkylation sites (tertiary alicyclic amines) is 1. The van der Waals surface area contributed by atoms with Gasteiger partial charge in [-0.25, -0.2) is 4.79 Å². The maximum Gasteiger partial charge on any atom is 0.338 e.